The molecule has 100 valence electrons. The Hall–Kier alpha value is -1.39. The molecule has 1 aromatic rings. The zero-order valence-corrected chi connectivity index (χ0v) is 11.3. The highest BCUT2D eigenvalue weighted by atomic mass is 16.4. The van der Waals surface area contributed by atoms with Crippen LogP contribution < -0.4 is 5.32 Å². The maximum Gasteiger partial charge on any atom is 0.322 e. The number of carboxylic acids is 1. The molecule has 0 aliphatic carbocycles. The van der Waals surface area contributed by atoms with E-state index < -0.39 is 12.0 Å². The van der Waals surface area contributed by atoms with E-state index in [1.54, 1.807) is 7.05 Å². The lowest BCUT2D eigenvalue weighted by Crippen LogP contribution is -2.43. The van der Waals surface area contributed by atoms with E-state index in [0.717, 1.165) is 13.0 Å². The first-order valence-electron chi connectivity index (χ1n) is 6.23. The Labute approximate surface area is 109 Å². The van der Waals surface area contributed by atoms with Crippen LogP contribution in [0.2, 0.25) is 0 Å². The summed E-state index contributed by atoms with van der Waals surface area (Å²) in [5.74, 6) is -0.814. The molecule has 4 heteroatoms. The summed E-state index contributed by atoms with van der Waals surface area (Å²) in [6, 6.07) is 7.92. The van der Waals surface area contributed by atoms with Crippen LogP contribution in [0.15, 0.2) is 24.3 Å². The van der Waals surface area contributed by atoms with Crippen LogP contribution in [-0.2, 0) is 17.8 Å². The smallest absolute Gasteiger partial charge is 0.322 e. The highest BCUT2D eigenvalue weighted by Crippen LogP contribution is 2.07. The molecule has 0 aliphatic heterocycles. The van der Waals surface area contributed by atoms with Crippen molar-refractivity contribution in [3.8, 4) is 0 Å². The average molecular weight is 250 g/mol. The Morgan fingerprint density at radius 2 is 1.89 bits per heavy atom. The summed E-state index contributed by atoms with van der Waals surface area (Å²) in [6.07, 6.45) is 1.04. The number of benzene rings is 1. The standard InChI is InChI=1S/C14H22N2O2/c1-4-11-5-7-12(8-6-11)9-16(3)10-13(15-2)14(17)18/h5-8,13,15H,4,9-10H2,1-3H3,(H,17,18). The molecule has 0 heterocycles. The third-order valence-corrected chi connectivity index (χ3v) is 3.02. The molecular weight excluding hydrogens is 228 g/mol. The third-order valence-electron chi connectivity index (χ3n) is 3.02. The zero-order valence-electron chi connectivity index (χ0n) is 11.3. The second-order valence-electron chi connectivity index (χ2n) is 4.55. The number of carboxylic acid groups (broad SMARTS) is 1. The molecule has 2 N–H and O–H groups in total. The second-order valence-corrected chi connectivity index (χ2v) is 4.55. The summed E-state index contributed by atoms with van der Waals surface area (Å²) in [6.45, 7) is 3.38. The van der Waals surface area contributed by atoms with Crippen LogP contribution in [0.3, 0.4) is 0 Å². The molecule has 0 bridgehead atoms. The van der Waals surface area contributed by atoms with Crippen LogP contribution in [-0.4, -0.2) is 42.7 Å². The minimum Gasteiger partial charge on any atom is -0.480 e. The van der Waals surface area contributed by atoms with Gasteiger partial charge in [-0.1, -0.05) is 31.2 Å². The summed E-state index contributed by atoms with van der Waals surface area (Å²) in [5, 5.41) is 11.8. The summed E-state index contributed by atoms with van der Waals surface area (Å²) >= 11 is 0. The highest BCUT2D eigenvalue weighted by molar-refractivity contribution is 5.73. The molecule has 0 saturated carbocycles. The van der Waals surface area contributed by atoms with E-state index in [1.165, 1.54) is 11.1 Å². The normalized spacial score (nSPS) is 12.7. The van der Waals surface area contributed by atoms with E-state index >= 15 is 0 Å². The number of hydrogen-bond acceptors (Lipinski definition) is 3. The fourth-order valence-electron chi connectivity index (χ4n) is 1.86. The average Bonchev–Trinajstić information content (AvgIpc) is 2.36. The molecule has 0 aliphatic rings. The van der Waals surface area contributed by atoms with Gasteiger partial charge >= 0.3 is 5.97 Å². The fourth-order valence-corrected chi connectivity index (χ4v) is 1.86. The minimum atomic E-state index is -0.814. The van der Waals surface area contributed by atoms with Crippen molar-refractivity contribution in [3.63, 3.8) is 0 Å². The highest BCUT2D eigenvalue weighted by Gasteiger charge is 2.16. The first-order chi connectivity index (χ1) is 8.56. The predicted molar refractivity (Wildman–Crippen MR) is 72.6 cm³/mol. The monoisotopic (exact) mass is 250 g/mol. The Bertz CT molecular complexity index is 376. The van der Waals surface area contributed by atoms with Gasteiger partial charge in [-0.3, -0.25) is 9.69 Å². The Balaban J connectivity index is 2.52. The Kier molecular flexibility index (Phi) is 5.82. The molecule has 0 fully saturated rings. The molecule has 0 spiro atoms. The summed E-state index contributed by atoms with van der Waals surface area (Å²) < 4.78 is 0. The number of carbonyl (C=O) groups is 1. The largest absolute Gasteiger partial charge is 0.480 e. The van der Waals surface area contributed by atoms with Crippen LogP contribution >= 0.6 is 0 Å². The van der Waals surface area contributed by atoms with Gasteiger partial charge in [0.05, 0.1) is 0 Å². The van der Waals surface area contributed by atoms with Gasteiger partial charge in [0.25, 0.3) is 0 Å². The number of nitrogens with zero attached hydrogens (tertiary/aromatic N) is 1. The van der Waals surface area contributed by atoms with Crippen molar-refractivity contribution in [2.75, 3.05) is 20.6 Å². The van der Waals surface area contributed by atoms with Crippen molar-refractivity contribution >= 4 is 5.97 Å². The van der Waals surface area contributed by atoms with E-state index in [1.807, 2.05) is 11.9 Å². The quantitative estimate of drug-likeness (QED) is 0.767. The summed E-state index contributed by atoms with van der Waals surface area (Å²) in [4.78, 5) is 12.9. The third kappa shape index (κ3) is 4.47. The van der Waals surface area contributed by atoms with E-state index in [9.17, 15) is 4.79 Å². The molecule has 0 radical (unpaired) electrons. The maximum absolute atomic E-state index is 10.9. The Morgan fingerprint density at radius 1 is 1.33 bits per heavy atom. The number of likely N-dealkylation sites (N-methyl/N-ethyl adjacent to an activating group) is 2. The van der Waals surface area contributed by atoms with Gasteiger partial charge in [-0.25, -0.2) is 0 Å². The molecule has 0 amide bonds. The molecular formula is C14H22N2O2. The second kappa shape index (κ2) is 7.13. The van der Waals surface area contributed by atoms with Crippen molar-refractivity contribution in [3.05, 3.63) is 35.4 Å². The first kappa shape index (κ1) is 14.7. The number of hydrogen-bond donors (Lipinski definition) is 2. The van der Waals surface area contributed by atoms with Gasteiger partial charge in [0.15, 0.2) is 0 Å². The first-order valence-corrected chi connectivity index (χ1v) is 6.23. The lowest BCUT2D eigenvalue weighted by atomic mass is 10.1. The van der Waals surface area contributed by atoms with E-state index in [-0.39, 0.29) is 0 Å². The molecule has 1 aromatic carbocycles. The van der Waals surface area contributed by atoms with Gasteiger partial charge in [0.2, 0.25) is 0 Å². The zero-order chi connectivity index (χ0) is 13.5. The van der Waals surface area contributed by atoms with Gasteiger partial charge in [-0.15, -0.1) is 0 Å². The number of aryl methyl sites for hydroxylation is 1. The van der Waals surface area contributed by atoms with Crippen LogP contribution in [0.1, 0.15) is 18.1 Å². The number of aliphatic carboxylic acids is 1. The Morgan fingerprint density at radius 3 is 2.33 bits per heavy atom. The molecule has 1 rings (SSSR count). The van der Waals surface area contributed by atoms with E-state index in [2.05, 4.69) is 36.5 Å². The maximum atomic E-state index is 10.9. The van der Waals surface area contributed by atoms with Gasteiger partial charge < -0.3 is 10.4 Å². The topological polar surface area (TPSA) is 52.6 Å². The van der Waals surface area contributed by atoms with E-state index in [4.69, 9.17) is 5.11 Å². The van der Waals surface area contributed by atoms with Crippen molar-refractivity contribution < 1.29 is 9.90 Å². The summed E-state index contributed by atoms with van der Waals surface area (Å²) in [5.41, 5.74) is 2.52. The van der Waals surface area contributed by atoms with Gasteiger partial charge in [-0.2, -0.15) is 0 Å². The van der Waals surface area contributed by atoms with E-state index in [0.29, 0.717) is 6.54 Å². The predicted octanol–water partition coefficient (Wildman–Crippen LogP) is 1.35. The van der Waals surface area contributed by atoms with Crippen LogP contribution in [0.25, 0.3) is 0 Å². The van der Waals surface area contributed by atoms with Crippen molar-refractivity contribution in [1.82, 2.24) is 10.2 Å². The molecule has 0 aromatic heterocycles. The van der Waals surface area contributed by atoms with Crippen LogP contribution in [0.4, 0.5) is 0 Å². The number of rotatable bonds is 7. The van der Waals surface area contributed by atoms with Crippen LogP contribution in [0, 0.1) is 0 Å². The van der Waals surface area contributed by atoms with Gasteiger partial charge in [0.1, 0.15) is 6.04 Å². The molecule has 1 atom stereocenters. The minimum absolute atomic E-state index is 0.487. The van der Waals surface area contributed by atoms with Crippen molar-refractivity contribution in [1.29, 1.82) is 0 Å². The van der Waals surface area contributed by atoms with Gasteiger partial charge in [0, 0.05) is 13.1 Å². The molecule has 1 unspecified atom stereocenters. The molecule has 0 saturated heterocycles. The number of nitrogens with one attached hydrogen (secondary N) is 1. The lowest BCUT2D eigenvalue weighted by Gasteiger charge is -2.21. The molecule has 18 heavy (non-hydrogen) atoms. The van der Waals surface area contributed by atoms with Crippen molar-refractivity contribution in [2.24, 2.45) is 0 Å². The SMILES string of the molecule is CCc1ccc(CN(C)CC(NC)C(=O)O)cc1. The van der Waals surface area contributed by atoms with Crippen molar-refractivity contribution in [2.45, 2.75) is 25.9 Å². The van der Waals surface area contributed by atoms with Gasteiger partial charge in [-0.05, 0) is 31.6 Å². The molecule has 4 nitrogen and oxygen atoms in total. The fraction of sp³-hybridized carbons (Fsp3) is 0.500. The summed E-state index contributed by atoms with van der Waals surface area (Å²) in [7, 11) is 3.60. The lowest BCUT2D eigenvalue weighted by molar-refractivity contribution is -0.139. The van der Waals surface area contributed by atoms with Crippen LogP contribution in [0.5, 0.6) is 0 Å².